The summed E-state index contributed by atoms with van der Waals surface area (Å²) in [6.07, 6.45) is 3.53. The van der Waals surface area contributed by atoms with Crippen LogP contribution in [0.1, 0.15) is 48.8 Å². The SMILES string of the molecule is Cc1cc2c(cc1C)OC(C(=O)NC1(C(=O)O)CCCCC1)C2. The van der Waals surface area contributed by atoms with Crippen molar-refractivity contribution in [3.8, 4) is 5.75 Å². The third kappa shape index (κ3) is 2.92. The second-order valence-electron chi connectivity index (χ2n) is 6.79. The molecule has 1 fully saturated rings. The summed E-state index contributed by atoms with van der Waals surface area (Å²) in [5.74, 6) is -0.519. The Balaban J connectivity index is 1.73. The molecule has 1 aromatic carbocycles. The molecule has 5 heteroatoms. The molecule has 2 aliphatic rings. The number of rotatable bonds is 3. The topological polar surface area (TPSA) is 75.6 Å². The van der Waals surface area contributed by atoms with E-state index in [-0.39, 0.29) is 5.91 Å². The first kappa shape index (κ1) is 15.8. The summed E-state index contributed by atoms with van der Waals surface area (Å²) in [5.41, 5.74) is 2.18. The number of amides is 1. The zero-order chi connectivity index (χ0) is 16.6. The maximum atomic E-state index is 12.6. The van der Waals surface area contributed by atoms with Crippen LogP contribution in [0.15, 0.2) is 12.1 Å². The third-order valence-electron chi connectivity index (χ3n) is 5.12. The van der Waals surface area contributed by atoms with E-state index in [2.05, 4.69) is 5.32 Å². The lowest BCUT2D eigenvalue weighted by molar-refractivity contribution is -0.150. The van der Waals surface area contributed by atoms with Gasteiger partial charge in [-0.15, -0.1) is 0 Å². The van der Waals surface area contributed by atoms with Gasteiger partial charge >= 0.3 is 5.97 Å². The first-order chi connectivity index (χ1) is 10.9. The van der Waals surface area contributed by atoms with Crippen molar-refractivity contribution >= 4 is 11.9 Å². The molecule has 0 bridgehead atoms. The van der Waals surface area contributed by atoms with Crippen molar-refractivity contribution in [2.75, 3.05) is 0 Å². The highest BCUT2D eigenvalue weighted by Gasteiger charge is 2.43. The van der Waals surface area contributed by atoms with E-state index in [1.54, 1.807) is 0 Å². The number of carboxylic acids is 1. The molecular weight excluding hydrogens is 294 g/mol. The molecular formula is C18H23NO4. The molecule has 1 unspecified atom stereocenters. The van der Waals surface area contributed by atoms with Crippen LogP contribution in [0.4, 0.5) is 0 Å². The molecule has 1 aliphatic heterocycles. The van der Waals surface area contributed by atoms with Crippen LogP contribution in [0.5, 0.6) is 5.75 Å². The van der Waals surface area contributed by atoms with Gasteiger partial charge in [-0.2, -0.15) is 0 Å². The van der Waals surface area contributed by atoms with Crippen molar-refractivity contribution in [1.82, 2.24) is 5.32 Å². The third-order valence-corrected chi connectivity index (χ3v) is 5.12. The zero-order valence-electron chi connectivity index (χ0n) is 13.6. The fraction of sp³-hybridized carbons (Fsp3) is 0.556. The number of carboxylic acid groups (broad SMARTS) is 1. The van der Waals surface area contributed by atoms with Gasteiger partial charge in [0.25, 0.3) is 5.91 Å². The second kappa shape index (κ2) is 5.87. The summed E-state index contributed by atoms with van der Waals surface area (Å²) in [7, 11) is 0. The molecule has 1 aliphatic carbocycles. The van der Waals surface area contributed by atoms with Crippen LogP contribution in [0.25, 0.3) is 0 Å². The Kier molecular flexibility index (Phi) is 4.04. The van der Waals surface area contributed by atoms with Crippen molar-refractivity contribution < 1.29 is 19.4 Å². The Labute approximate surface area is 136 Å². The molecule has 1 heterocycles. The molecule has 3 rings (SSSR count). The van der Waals surface area contributed by atoms with E-state index in [0.29, 0.717) is 19.3 Å². The fourth-order valence-corrected chi connectivity index (χ4v) is 3.52. The number of carbonyl (C=O) groups is 2. The van der Waals surface area contributed by atoms with E-state index in [9.17, 15) is 14.7 Å². The Hall–Kier alpha value is -2.04. The Morgan fingerprint density at radius 1 is 1.17 bits per heavy atom. The molecule has 124 valence electrons. The molecule has 1 amide bonds. The second-order valence-corrected chi connectivity index (χ2v) is 6.79. The normalized spacial score (nSPS) is 22.1. The number of benzene rings is 1. The summed E-state index contributed by atoms with van der Waals surface area (Å²) in [4.78, 5) is 24.2. The van der Waals surface area contributed by atoms with Gasteiger partial charge in [0.2, 0.25) is 0 Å². The van der Waals surface area contributed by atoms with Crippen LogP contribution in [0.3, 0.4) is 0 Å². The number of ether oxygens (including phenoxy) is 1. The number of fused-ring (bicyclic) bond motifs is 1. The summed E-state index contributed by atoms with van der Waals surface area (Å²) in [6, 6.07) is 4.00. The lowest BCUT2D eigenvalue weighted by Gasteiger charge is -2.34. The molecule has 5 nitrogen and oxygen atoms in total. The van der Waals surface area contributed by atoms with Crippen molar-refractivity contribution in [1.29, 1.82) is 0 Å². The summed E-state index contributed by atoms with van der Waals surface area (Å²) in [5, 5.41) is 12.3. The van der Waals surface area contributed by atoms with Crippen molar-refractivity contribution in [2.45, 2.75) is 64.0 Å². The molecule has 2 N–H and O–H groups in total. The number of carbonyl (C=O) groups excluding carboxylic acids is 1. The highest BCUT2D eigenvalue weighted by Crippen LogP contribution is 2.33. The van der Waals surface area contributed by atoms with E-state index in [0.717, 1.165) is 36.1 Å². The lowest BCUT2D eigenvalue weighted by atomic mass is 9.81. The van der Waals surface area contributed by atoms with Gasteiger partial charge in [0, 0.05) is 6.42 Å². The molecule has 1 aromatic rings. The van der Waals surface area contributed by atoms with Crippen molar-refractivity contribution in [3.63, 3.8) is 0 Å². The highest BCUT2D eigenvalue weighted by atomic mass is 16.5. The Bertz CT molecular complexity index is 616. The number of nitrogens with one attached hydrogen (secondary N) is 1. The quantitative estimate of drug-likeness (QED) is 0.898. The fourth-order valence-electron chi connectivity index (χ4n) is 3.52. The first-order valence-corrected chi connectivity index (χ1v) is 8.23. The Morgan fingerprint density at radius 2 is 1.83 bits per heavy atom. The monoisotopic (exact) mass is 317 g/mol. The van der Waals surface area contributed by atoms with E-state index in [1.165, 1.54) is 5.56 Å². The zero-order valence-corrected chi connectivity index (χ0v) is 13.6. The summed E-state index contributed by atoms with van der Waals surface area (Å²) < 4.78 is 5.77. The van der Waals surface area contributed by atoms with E-state index < -0.39 is 17.6 Å². The van der Waals surface area contributed by atoms with Gasteiger partial charge in [-0.25, -0.2) is 4.79 Å². The van der Waals surface area contributed by atoms with Crippen LogP contribution in [0, 0.1) is 13.8 Å². The van der Waals surface area contributed by atoms with E-state index in [4.69, 9.17) is 4.74 Å². The molecule has 1 saturated carbocycles. The van der Waals surface area contributed by atoms with Crippen LogP contribution in [-0.4, -0.2) is 28.6 Å². The smallest absolute Gasteiger partial charge is 0.329 e. The minimum Gasteiger partial charge on any atom is -0.480 e. The van der Waals surface area contributed by atoms with Crippen molar-refractivity contribution in [2.24, 2.45) is 0 Å². The van der Waals surface area contributed by atoms with Gasteiger partial charge in [0.1, 0.15) is 11.3 Å². The predicted molar refractivity (Wildman–Crippen MR) is 85.6 cm³/mol. The van der Waals surface area contributed by atoms with Crippen LogP contribution in [0.2, 0.25) is 0 Å². The molecule has 0 spiro atoms. The highest BCUT2D eigenvalue weighted by molar-refractivity contribution is 5.90. The maximum absolute atomic E-state index is 12.6. The minimum atomic E-state index is -1.13. The number of hydrogen-bond donors (Lipinski definition) is 2. The van der Waals surface area contributed by atoms with Crippen LogP contribution in [-0.2, 0) is 16.0 Å². The predicted octanol–water partition coefficient (Wildman–Crippen LogP) is 2.51. The van der Waals surface area contributed by atoms with Crippen LogP contribution >= 0.6 is 0 Å². The van der Waals surface area contributed by atoms with Gasteiger partial charge in [0.05, 0.1) is 0 Å². The standard InChI is InChI=1S/C18H23NO4/c1-11-8-13-10-15(23-14(13)9-12(11)2)16(20)19-18(17(21)22)6-4-3-5-7-18/h8-9,15H,3-7,10H2,1-2H3,(H,19,20)(H,21,22). The molecule has 0 radical (unpaired) electrons. The maximum Gasteiger partial charge on any atom is 0.329 e. The van der Waals surface area contributed by atoms with Crippen molar-refractivity contribution in [3.05, 3.63) is 28.8 Å². The number of hydrogen-bond acceptors (Lipinski definition) is 3. The van der Waals surface area contributed by atoms with Gasteiger partial charge in [-0.3, -0.25) is 4.79 Å². The van der Waals surface area contributed by atoms with E-state index >= 15 is 0 Å². The first-order valence-electron chi connectivity index (χ1n) is 8.23. The summed E-state index contributed by atoms with van der Waals surface area (Å²) in [6.45, 7) is 4.04. The number of aryl methyl sites for hydroxylation is 2. The molecule has 0 aromatic heterocycles. The minimum absolute atomic E-state index is 0.319. The van der Waals surface area contributed by atoms with Gasteiger partial charge in [0.15, 0.2) is 6.10 Å². The largest absolute Gasteiger partial charge is 0.480 e. The molecule has 0 saturated heterocycles. The van der Waals surface area contributed by atoms with Crippen LogP contribution < -0.4 is 10.1 Å². The Morgan fingerprint density at radius 3 is 2.48 bits per heavy atom. The lowest BCUT2D eigenvalue weighted by Crippen LogP contribution is -2.58. The molecule has 1 atom stereocenters. The number of aliphatic carboxylic acids is 1. The van der Waals surface area contributed by atoms with Gasteiger partial charge in [-0.1, -0.05) is 25.3 Å². The average molecular weight is 317 g/mol. The average Bonchev–Trinajstić information content (AvgIpc) is 2.91. The van der Waals surface area contributed by atoms with Gasteiger partial charge < -0.3 is 15.2 Å². The van der Waals surface area contributed by atoms with E-state index in [1.807, 2.05) is 26.0 Å². The molecule has 23 heavy (non-hydrogen) atoms. The summed E-state index contributed by atoms with van der Waals surface area (Å²) >= 11 is 0. The van der Waals surface area contributed by atoms with Gasteiger partial charge in [-0.05, 0) is 49.4 Å².